The van der Waals surface area contributed by atoms with E-state index in [1.807, 2.05) is 19.1 Å². The van der Waals surface area contributed by atoms with Gasteiger partial charge in [0.05, 0.1) is 0 Å². The van der Waals surface area contributed by atoms with Gasteiger partial charge < -0.3 is 0 Å². The van der Waals surface area contributed by atoms with Gasteiger partial charge in [0, 0.05) is 36.3 Å². The number of ketones is 1. The number of hydrogen-bond donors (Lipinski definition) is 0. The molecule has 0 radical (unpaired) electrons. The highest BCUT2D eigenvalue weighted by molar-refractivity contribution is 5.97. The molecule has 2 aromatic heterocycles. The fourth-order valence-corrected chi connectivity index (χ4v) is 1.76. The number of rotatable bonds is 4. The van der Waals surface area contributed by atoms with Crippen LogP contribution in [0.2, 0.25) is 0 Å². The van der Waals surface area contributed by atoms with E-state index in [0.717, 1.165) is 5.56 Å². The first-order valence-electron chi connectivity index (χ1n) is 5.60. The molecule has 0 aromatic carbocycles. The molecule has 1 unspecified atom stereocenters. The summed E-state index contributed by atoms with van der Waals surface area (Å²) in [7, 11) is 0. The molecule has 0 fully saturated rings. The fraction of sp³-hybridized carbons (Fsp3) is 0.214. The highest BCUT2D eigenvalue weighted by Crippen LogP contribution is 2.13. The second kappa shape index (κ2) is 5.34. The van der Waals surface area contributed by atoms with E-state index in [-0.39, 0.29) is 11.7 Å². The molecule has 0 N–H and O–H groups in total. The van der Waals surface area contributed by atoms with Crippen LogP contribution in [0.15, 0.2) is 49.1 Å². The maximum absolute atomic E-state index is 12.1. The molecule has 2 heterocycles. The Morgan fingerprint density at radius 2 is 1.88 bits per heavy atom. The number of aromatic nitrogens is 2. The van der Waals surface area contributed by atoms with Crippen LogP contribution in [0.5, 0.6) is 0 Å². The SMILES string of the molecule is CC(Cc1cccnc1)C(=O)c1cccnc1. The molecule has 0 aliphatic rings. The maximum Gasteiger partial charge on any atom is 0.167 e. The Hall–Kier alpha value is -2.03. The highest BCUT2D eigenvalue weighted by Gasteiger charge is 2.15. The summed E-state index contributed by atoms with van der Waals surface area (Å²) in [5.41, 5.74) is 1.75. The molecule has 86 valence electrons. The topological polar surface area (TPSA) is 42.9 Å². The van der Waals surface area contributed by atoms with Gasteiger partial charge in [0.1, 0.15) is 0 Å². The van der Waals surface area contributed by atoms with E-state index in [9.17, 15) is 4.79 Å². The summed E-state index contributed by atoms with van der Waals surface area (Å²) < 4.78 is 0. The Morgan fingerprint density at radius 3 is 2.47 bits per heavy atom. The molecule has 0 bridgehead atoms. The Bertz CT molecular complexity index is 482. The van der Waals surface area contributed by atoms with Crippen LogP contribution in [0.3, 0.4) is 0 Å². The molecule has 0 saturated carbocycles. The summed E-state index contributed by atoms with van der Waals surface area (Å²) in [6.45, 7) is 1.93. The summed E-state index contributed by atoms with van der Waals surface area (Å²) in [6.07, 6.45) is 7.52. The lowest BCUT2D eigenvalue weighted by atomic mass is 9.94. The van der Waals surface area contributed by atoms with Crippen LogP contribution in [-0.4, -0.2) is 15.8 Å². The lowest BCUT2D eigenvalue weighted by Gasteiger charge is -2.09. The molecule has 0 aliphatic heterocycles. The van der Waals surface area contributed by atoms with Gasteiger partial charge in [-0.2, -0.15) is 0 Å². The zero-order chi connectivity index (χ0) is 12.1. The van der Waals surface area contributed by atoms with Crippen molar-refractivity contribution in [3.05, 3.63) is 60.2 Å². The molecule has 0 aliphatic carbocycles. The molecule has 17 heavy (non-hydrogen) atoms. The van der Waals surface area contributed by atoms with Crippen LogP contribution in [0, 0.1) is 5.92 Å². The number of pyridine rings is 2. The van der Waals surface area contributed by atoms with E-state index in [0.29, 0.717) is 12.0 Å². The second-order valence-electron chi connectivity index (χ2n) is 4.07. The summed E-state index contributed by atoms with van der Waals surface area (Å²) in [5, 5.41) is 0. The Morgan fingerprint density at radius 1 is 1.18 bits per heavy atom. The van der Waals surface area contributed by atoms with Crippen molar-refractivity contribution >= 4 is 5.78 Å². The highest BCUT2D eigenvalue weighted by atomic mass is 16.1. The van der Waals surface area contributed by atoms with E-state index in [4.69, 9.17) is 0 Å². The van der Waals surface area contributed by atoms with Crippen LogP contribution in [0.4, 0.5) is 0 Å². The minimum absolute atomic E-state index is 0.0524. The first kappa shape index (κ1) is 11.5. The Balaban J connectivity index is 2.06. The van der Waals surface area contributed by atoms with E-state index >= 15 is 0 Å². The van der Waals surface area contributed by atoms with E-state index in [1.54, 1.807) is 36.9 Å². The van der Waals surface area contributed by atoms with Crippen molar-refractivity contribution in [3.8, 4) is 0 Å². The molecular weight excluding hydrogens is 212 g/mol. The molecule has 1 atom stereocenters. The predicted octanol–water partition coefficient (Wildman–Crippen LogP) is 2.54. The summed E-state index contributed by atoms with van der Waals surface area (Å²) in [5.74, 6) is 0.0744. The third-order valence-electron chi connectivity index (χ3n) is 2.66. The first-order chi connectivity index (χ1) is 8.27. The molecule has 3 heteroatoms. The number of hydrogen-bond acceptors (Lipinski definition) is 3. The van der Waals surface area contributed by atoms with Crippen molar-refractivity contribution in [3.63, 3.8) is 0 Å². The largest absolute Gasteiger partial charge is 0.294 e. The Labute approximate surface area is 101 Å². The fourth-order valence-electron chi connectivity index (χ4n) is 1.76. The third kappa shape index (κ3) is 2.97. The van der Waals surface area contributed by atoms with Gasteiger partial charge in [-0.1, -0.05) is 13.0 Å². The van der Waals surface area contributed by atoms with Crippen molar-refractivity contribution in [1.29, 1.82) is 0 Å². The van der Waals surface area contributed by atoms with Crippen molar-refractivity contribution in [1.82, 2.24) is 9.97 Å². The molecule has 2 rings (SSSR count). The number of nitrogens with zero attached hydrogens (tertiary/aromatic N) is 2. The van der Waals surface area contributed by atoms with Gasteiger partial charge in [0.15, 0.2) is 5.78 Å². The number of carbonyl (C=O) groups is 1. The molecule has 3 nitrogen and oxygen atoms in total. The van der Waals surface area contributed by atoms with E-state index in [2.05, 4.69) is 9.97 Å². The van der Waals surface area contributed by atoms with Crippen molar-refractivity contribution in [2.75, 3.05) is 0 Å². The smallest absolute Gasteiger partial charge is 0.167 e. The average Bonchev–Trinajstić information content (AvgIpc) is 2.40. The van der Waals surface area contributed by atoms with Gasteiger partial charge in [-0.25, -0.2) is 0 Å². The second-order valence-corrected chi connectivity index (χ2v) is 4.07. The van der Waals surface area contributed by atoms with Gasteiger partial charge in [-0.3, -0.25) is 14.8 Å². The van der Waals surface area contributed by atoms with E-state index in [1.165, 1.54) is 0 Å². The molecule has 2 aromatic rings. The van der Waals surface area contributed by atoms with Gasteiger partial charge in [0.25, 0.3) is 0 Å². The van der Waals surface area contributed by atoms with E-state index < -0.39 is 0 Å². The number of carbonyl (C=O) groups excluding carboxylic acids is 1. The Kier molecular flexibility index (Phi) is 3.60. The lowest BCUT2D eigenvalue weighted by Crippen LogP contribution is -2.14. The van der Waals surface area contributed by atoms with Crippen LogP contribution >= 0.6 is 0 Å². The van der Waals surface area contributed by atoms with Gasteiger partial charge in [0.2, 0.25) is 0 Å². The standard InChI is InChI=1S/C14H14N2O/c1-11(8-12-4-2-6-15-9-12)14(17)13-5-3-7-16-10-13/h2-7,9-11H,8H2,1H3. The van der Waals surface area contributed by atoms with Gasteiger partial charge in [-0.05, 0) is 30.2 Å². The average molecular weight is 226 g/mol. The molecular formula is C14H14N2O. The lowest BCUT2D eigenvalue weighted by molar-refractivity contribution is 0.0929. The first-order valence-corrected chi connectivity index (χ1v) is 5.60. The van der Waals surface area contributed by atoms with Crippen LogP contribution in [0.1, 0.15) is 22.8 Å². The maximum atomic E-state index is 12.1. The zero-order valence-corrected chi connectivity index (χ0v) is 9.71. The normalized spacial score (nSPS) is 12.1. The minimum Gasteiger partial charge on any atom is -0.294 e. The summed E-state index contributed by atoms with van der Waals surface area (Å²) >= 11 is 0. The van der Waals surface area contributed by atoms with Crippen molar-refractivity contribution < 1.29 is 4.79 Å². The van der Waals surface area contributed by atoms with Crippen molar-refractivity contribution in [2.24, 2.45) is 5.92 Å². The van der Waals surface area contributed by atoms with Crippen molar-refractivity contribution in [2.45, 2.75) is 13.3 Å². The quantitative estimate of drug-likeness (QED) is 0.752. The zero-order valence-electron chi connectivity index (χ0n) is 9.71. The number of Topliss-reactive ketones (excluding diaryl/α,β-unsaturated/α-hetero) is 1. The molecule has 0 spiro atoms. The van der Waals surface area contributed by atoms with Gasteiger partial charge >= 0.3 is 0 Å². The van der Waals surface area contributed by atoms with Crippen LogP contribution in [-0.2, 0) is 6.42 Å². The monoisotopic (exact) mass is 226 g/mol. The summed E-state index contributed by atoms with van der Waals surface area (Å²) in [4.78, 5) is 20.1. The van der Waals surface area contributed by atoms with Crippen LogP contribution < -0.4 is 0 Å². The third-order valence-corrected chi connectivity index (χ3v) is 2.66. The predicted molar refractivity (Wildman–Crippen MR) is 65.7 cm³/mol. The summed E-state index contributed by atoms with van der Waals surface area (Å²) in [6, 6.07) is 7.45. The van der Waals surface area contributed by atoms with Gasteiger partial charge in [-0.15, -0.1) is 0 Å². The van der Waals surface area contributed by atoms with Crippen LogP contribution in [0.25, 0.3) is 0 Å². The molecule has 0 amide bonds. The minimum atomic E-state index is -0.0524. The molecule has 0 saturated heterocycles.